The van der Waals surface area contributed by atoms with Crippen molar-refractivity contribution in [2.24, 2.45) is 7.05 Å². The van der Waals surface area contributed by atoms with Gasteiger partial charge in [-0.1, -0.05) is 35.5 Å². The summed E-state index contributed by atoms with van der Waals surface area (Å²) in [6.45, 7) is 0. The molecular formula is C18H20N4OS. The monoisotopic (exact) mass is 340 g/mol. The molecule has 2 heterocycles. The number of aromatic nitrogens is 4. The van der Waals surface area contributed by atoms with Gasteiger partial charge < -0.3 is 9.09 Å². The first-order valence-electron chi connectivity index (χ1n) is 8.30. The van der Waals surface area contributed by atoms with Crippen LogP contribution in [0.3, 0.4) is 0 Å². The van der Waals surface area contributed by atoms with E-state index in [0.29, 0.717) is 0 Å². The fourth-order valence-electron chi connectivity index (χ4n) is 3.13. The Hall–Kier alpha value is -2.08. The minimum absolute atomic E-state index is 0.817. The van der Waals surface area contributed by atoms with E-state index in [1.165, 1.54) is 18.4 Å². The Labute approximate surface area is 145 Å². The highest BCUT2D eigenvalue weighted by atomic mass is 32.2. The number of thioether (sulfide) groups is 1. The predicted molar refractivity (Wildman–Crippen MR) is 94.6 cm³/mol. The van der Waals surface area contributed by atoms with Crippen LogP contribution in [0.1, 0.15) is 35.7 Å². The van der Waals surface area contributed by atoms with Crippen LogP contribution in [0.2, 0.25) is 0 Å². The summed E-state index contributed by atoms with van der Waals surface area (Å²) in [7, 11) is 2.02. The van der Waals surface area contributed by atoms with Gasteiger partial charge in [-0.3, -0.25) is 0 Å². The van der Waals surface area contributed by atoms with Crippen LogP contribution in [0, 0.1) is 0 Å². The van der Waals surface area contributed by atoms with E-state index in [1.807, 2.05) is 37.0 Å². The fraction of sp³-hybridized carbons (Fsp3) is 0.389. The van der Waals surface area contributed by atoms with E-state index in [1.54, 1.807) is 0 Å². The minimum atomic E-state index is 0.817. The molecule has 0 atom stereocenters. The Kier molecular flexibility index (Phi) is 4.38. The summed E-state index contributed by atoms with van der Waals surface area (Å²) in [4.78, 5) is 0. The van der Waals surface area contributed by atoms with Gasteiger partial charge in [-0.2, -0.15) is 0 Å². The van der Waals surface area contributed by atoms with E-state index in [0.717, 1.165) is 53.0 Å². The third-order valence-electron chi connectivity index (χ3n) is 4.50. The summed E-state index contributed by atoms with van der Waals surface area (Å²) in [5, 5.41) is 12.9. The smallest absolute Gasteiger partial charge is 0.163 e. The van der Waals surface area contributed by atoms with Crippen molar-refractivity contribution in [3.8, 4) is 11.4 Å². The molecule has 3 aromatic rings. The second-order valence-electron chi connectivity index (χ2n) is 6.10. The van der Waals surface area contributed by atoms with Crippen LogP contribution in [0.15, 0.2) is 34.9 Å². The lowest BCUT2D eigenvalue weighted by Crippen LogP contribution is -2.02. The zero-order valence-electron chi connectivity index (χ0n) is 13.7. The summed E-state index contributed by atoms with van der Waals surface area (Å²) in [6.07, 6.45) is 4.61. The Morgan fingerprint density at radius 3 is 2.79 bits per heavy atom. The molecular weight excluding hydrogens is 320 g/mol. The van der Waals surface area contributed by atoms with Crippen molar-refractivity contribution >= 4 is 11.8 Å². The summed E-state index contributed by atoms with van der Waals surface area (Å²) >= 11 is 1.81. The van der Waals surface area contributed by atoms with Gasteiger partial charge in [0.05, 0.1) is 11.4 Å². The van der Waals surface area contributed by atoms with Gasteiger partial charge in [0.25, 0.3) is 0 Å². The first kappa shape index (κ1) is 15.4. The van der Waals surface area contributed by atoms with Gasteiger partial charge in [-0.25, -0.2) is 0 Å². The first-order chi connectivity index (χ1) is 11.8. The molecule has 2 aromatic heterocycles. The number of aryl methyl sites for hydroxylation is 1. The lowest BCUT2D eigenvalue weighted by atomic mass is 9.97. The van der Waals surface area contributed by atoms with Gasteiger partial charge >= 0.3 is 0 Å². The maximum atomic E-state index is 5.48. The molecule has 0 bridgehead atoms. The third kappa shape index (κ3) is 2.98. The number of benzene rings is 1. The van der Waals surface area contributed by atoms with Crippen molar-refractivity contribution < 1.29 is 4.52 Å². The molecule has 5 nitrogen and oxygen atoms in total. The van der Waals surface area contributed by atoms with Crippen LogP contribution in [0.25, 0.3) is 11.4 Å². The number of hydrogen-bond acceptors (Lipinski definition) is 5. The largest absolute Gasteiger partial charge is 0.361 e. The average molecular weight is 340 g/mol. The number of nitrogens with zero attached hydrogens (tertiary/aromatic N) is 4. The fourth-order valence-corrected chi connectivity index (χ4v) is 4.08. The molecule has 0 fully saturated rings. The normalized spacial score (nSPS) is 13.9. The molecule has 0 unspecified atom stereocenters. The molecule has 0 spiro atoms. The quantitative estimate of drug-likeness (QED) is 0.707. The summed E-state index contributed by atoms with van der Waals surface area (Å²) in [5.41, 5.74) is 3.55. The van der Waals surface area contributed by atoms with Gasteiger partial charge in [0, 0.05) is 30.3 Å². The second kappa shape index (κ2) is 6.81. The highest BCUT2D eigenvalue weighted by Gasteiger charge is 2.19. The van der Waals surface area contributed by atoms with Crippen LogP contribution in [0.5, 0.6) is 0 Å². The summed E-state index contributed by atoms with van der Waals surface area (Å²) in [5.74, 6) is 4.67. The maximum absolute atomic E-state index is 5.48. The molecule has 0 saturated heterocycles. The Bertz CT molecular complexity index is 825. The predicted octanol–water partition coefficient (Wildman–Crippen LogP) is 3.78. The van der Waals surface area contributed by atoms with Crippen LogP contribution < -0.4 is 0 Å². The highest BCUT2D eigenvalue weighted by Crippen LogP contribution is 2.28. The molecule has 124 valence electrons. The second-order valence-corrected chi connectivity index (χ2v) is 7.08. The minimum Gasteiger partial charge on any atom is -0.361 e. The van der Waals surface area contributed by atoms with E-state index in [-0.39, 0.29) is 0 Å². The van der Waals surface area contributed by atoms with Crippen LogP contribution in [-0.2, 0) is 31.4 Å². The number of hydrogen-bond donors (Lipinski definition) is 0. The SMILES string of the molecule is Cn1c(CSCc2noc3c2CCCC3)nnc1-c1ccccc1. The molecule has 1 aliphatic rings. The van der Waals surface area contributed by atoms with E-state index in [9.17, 15) is 0 Å². The van der Waals surface area contributed by atoms with E-state index in [4.69, 9.17) is 4.52 Å². The van der Waals surface area contributed by atoms with Crippen molar-refractivity contribution in [1.82, 2.24) is 19.9 Å². The lowest BCUT2D eigenvalue weighted by Gasteiger charge is -2.09. The average Bonchev–Trinajstić information content (AvgIpc) is 3.20. The highest BCUT2D eigenvalue weighted by molar-refractivity contribution is 7.97. The molecule has 6 heteroatoms. The Morgan fingerprint density at radius 2 is 1.92 bits per heavy atom. The molecule has 4 rings (SSSR count). The van der Waals surface area contributed by atoms with Gasteiger partial charge in [0.15, 0.2) is 5.82 Å². The van der Waals surface area contributed by atoms with Crippen molar-refractivity contribution in [3.05, 3.63) is 53.2 Å². The van der Waals surface area contributed by atoms with E-state index in [2.05, 4.69) is 32.1 Å². The summed E-state index contributed by atoms with van der Waals surface area (Å²) < 4.78 is 7.55. The van der Waals surface area contributed by atoms with Crippen LogP contribution >= 0.6 is 11.8 Å². The zero-order valence-corrected chi connectivity index (χ0v) is 14.6. The first-order valence-corrected chi connectivity index (χ1v) is 9.46. The van der Waals surface area contributed by atoms with Crippen molar-refractivity contribution in [2.45, 2.75) is 37.2 Å². The number of rotatable bonds is 5. The maximum Gasteiger partial charge on any atom is 0.163 e. The Morgan fingerprint density at radius 1 is 1.08 bits per heavy atom. The van der Waals surface area contributed by atoms with E-state index < -0.39 is 0 Å². The topological polar surface area (TPSA) is 56.7 Å². The summed E-state index contributed by atoms with van der Waals surface area (Å²) in [6, 6.07) is 10.2. The van der Waals surface area contributed by atoms with Crippen molar-refractivity contribution in [2.75, 3.05) is 0 Å². The van der Waals surface area contributed by atoms with Gasteiger partial charge in [-0.15, -0.1) is 22.0 Å². The molecule has 1 aromatic carbocycles. The molecule has 1 aliphatic carbocycles. The molecule has 0 N–H and O–H groups in total. The van der Waals surface area contributed by atoms with E-state index >= 15 is 0 Å². The molecule has 24 heavy (non-hydrogen) atoms. The molecule has 0 radical (unpaired) electrons. The van der Waals surface area contributed by atoms with Crippen LogP contribution in [0.4, 0.5) is 0 Å². The van der Waals surface area contributed by atoms with Gasteiger partial charge in [0.2, 0.25) is 0 Å². The molecule has 0 saturated carbocycles. The Balaban J connectivity index is 1.42. The molecule has 0 aliphatic heterocycles. The zero-order chi connectivity index (χ0) is 16.4. The van der Waals surface area contributed by atoms with Gasteiger partial charge in [0.1, 0.15) is 11.6 Å². The van der Waals surface area contributed by atoms with Crippen molar-refractivity contribution in [3.63, 3.8) is 0 Å². The van der Waals surface area contributed by atoms with Gasteiger partial charge in [-0.05, 0) is 19.3 Å². The number of fused-ring (bicyclic) bond motifs is 1. The third-order valence-corrected chi connectivity index (χ3v) is 5.44. The molecule has 0 amide bonds. The van der Waals surface area contributed by atoms with Crippen molar-refractivity contribution in [1.29, 1.82) is 0 Å². The van der Waals surface area contributed by atoms with Crippen LogP contribution in [-0.4, -0.2) is 19.9 Å². The lowest BCUT2D eigenvalue weighted by molar-refractivity contribution is 0.369. The standard InChI is InChI=1S/C18H20N4OS/c1-22-17(19-20-18(22)13-7-3-2-4-8-13)12-24-11-15-14-9-5-6-10-16(14)23-21-15/h2-4,7-8H,5-6,9-12H2,1H3.